The number of carbonyl (C=O) groups is 2. The molecule has 1 saturated carbocycles. The molecule has 0 atom stereocenters. The van der Waals surface area contributed by atoms with Crippen LogP contribution in [-0.2, 0) is 16.0 Å². The predicted molar refractivity (Wildman–Crippen MR) is 121 cm³/mol. The largest absolute Gasteiger partial charge is 0.444 e. The molecule has 0 aliphatic heterocycles. The van der Waals surface area contributed by atoms with Gasteiger partial charge in [0.15, 0.2) is 0 Å². The Balaban J connectivity index is 1.78. The van der Waals surface area contributed by atoms with Crippen molar-refractivity contribution >= 4 is 12.0 Å². The highest BCUT2D eigenvalue weighted by Gasteiger charge is 2.37. The number of likely N-dealkylation sites (N-methyl/N-ethyl adjacent to an activating group) is 1. The summed E-state index contributed by atoms with van der Waals surface area (Å²) in [6.07, 6.45) is 4.84. The molecule has 6 nitrogen and oxygen atoms in total. The first-order valence-corrected chi connectivity index (χ1v) is 11.0. The van der Waals surface area contributed by atoms with Crippen LogP contribution in [0.4, 0.5) is 4.79 Å². The highest BCUT2D eigenvalue weighted by Crippen LogP contribution is 2.35. The predicted octanol–water partition coefficient (Wildman–Crippen LogP) is 3.81. The summed E-state index contributed by atoms with van der Waals surface area (Å²) < 4.78 is 5.18. The molecule has 6 heteroatoms. The number of rotatable bonds is 7. The highest BCUT2D eigenvalue weighted by molar-refractivity contribution is 5.77. The topological polar surface area (TPSA) is 70.7 Å². The number of hydrogen-bond donors (Lipinski definition) is 2. The summed E-state index contributed by atoms with van der Waals surface area (Å²) in [5.74, 6) is -0.0213. The Labute approximate surface area is 181 Å². The molecule has 1 aromatic carbocycles. The molecular formula is C24H39N3O3. The van der Waals surface area contributed by atoms with Gasteiger partial charge in [0.2, 0.25) is 5.91 Å². The number of ether oxygens (including phenoxy) is 1. The van der Waals surface area contributed by atoms with E-state index < -0.39 is 11.7 Å². The number of carbonyl (C=O) groups excluding carboxylic acids is 2. The maximum absolute atomic E-state index is 12.3. The van der Waals surface area contributed by atoms with Gasteiger partial charge < -0.3 is 20.3 Å². The van der Waals surface area contributed by atoms with Gasteiger partial charge in [0.05, 0.1) is 0 Å². The molecule has 30 heavy (non-hydrogen) atoms. The average molecular weight is 418 g/mol. The summed E-state index contributed by atoms with van der Waals surface area (Å²) >= 11 is 0. The van der Waals surface area contributed by atoms with Crippen LogP contribution in [0, 0.1) is 6.92 Å². The van der Waals surface area contributed by atoms with Crippen LogP contribution in [0.1, 0.15) is 64.0 Å². The van der Waals surface area contributed by atoms with E-state index in [9.17, 15) is 9.59 Å². The summed E-state index contributed by atoms with van der Waals surface area (Å²) in [5, 5.41) is 5.78. The van der Waals surface area contributed by atoms with Gasteiger partial charge in [-0.3, -0.25) is 4.79 Å². The molecule has 168 valence electrons. The molecule has 0 radical (unpaired) electrons. The zero-order valence-corrected chi connectivity index (χ0v) is 19.5. The highest BCUT2D eigenvalue weighted by atomic mass is 16.6. The molecule has 1 fully saturated rings. The minimum Gasteiger partial charge on any atom is -0.444 e. The van der Waals surface area contributed by atoms with Gasteiger partial charge in [-0.1, -0.05) is 29.8 Å². The first-order chi connectivity index (χ1) is 14.0. The van der Waals surface area contributed by atoms with Crippen molar-refractivity contribution in [2.24, 2.45) is 0 Å². The molecule has 2 N–H and O–H groups in total. The van der Waals surface area contributed by atoms with Crippen molar-refractivity contribution < 1.29 is 14.3 Å². The lowest BCUT2D eigenvalue weighted by molar-refractivity contribution is -0.122. The summed E-state index contributed by atoms with van der Waals surface area (Å²) in [5.41, 5.74) is 2.25. The number of alkyl carbamates (subject to hydrolysis) is 1. The van der Waals surface area contributed by atoms with E-state index in [2.05, 4.69) is 60.8 Å². The van der Waals surface area contributed by atoms with Crippen molar-refractivity contribution in [1.29, 1.82) is 0 Å². The Morgan fingerprint density at radius 2 is 1.73 bits per heavy atom. The zero-order chi connectivity index (χ0) is 22.4. The lowest BCUT2D eigenvalue weighted by atomic mass is 9.74. The van der Waals surface area contributed by atoms with Gasteiger partial charge in [-0.2, -0.15) is 0 Å². The van der Waals surface area contributed by atoms with Crippen LogP contribution < -0.4 is 10.6 Å². The molecule has 1 aliphatic carbocycles. The third-order valence-electron chi connectivity index (χ3n) is 5.90. The first kappa shape index (κ1) is 24.2. The lowest BCUT2D eigenvalue weighted by Crippen LogP contribution is -2.52. The van der Waals surface area contributed by atoms with Crippen molar-refractivity contribution in [1.82, 2.24) is 15.5 Å². The van der Waals surface area contributed by atoms with E-state index in [1.807, 2.05) is 20.8 Å². The van der Waals surface area contributed by atoms with Crippen LogP contribution >= 0.6 is 0 Å². The van der Waals surface area contributed by atoms with Gasteiger partial charge >= 0.3 is 6.09 Å². The Kier molecular flexibility index (Phi) is 8.30. The lowest BCUT2D eigenvalue weighted by Gasteiger charge is -2.45. The first-order valence-electron chi connectivity index (χ1n) is 11.0. The van der Waals surface area contributed by atoms with E-state index in [1.165, 1.54) is 11.1 Å². The molecule has 0 spiro atoms. The van der Waals surface area contributed by atoms with E-state index in [0.717, 1.165) is 32.1 Å². The number of nitrogens with one attached hydrogen (secondary N) is 2. The summed E-state index contributed by atoms with van der Waals surface area (Å²) in [6, 6.07) is 9.01. The number of hydrogen-bond acceptors (Lipinski definition) is 4. The number of nitrogens with zero attached hydrogens (tertiary/aromatic N) is 1. The van der Waals surface area contributed by atoms with Crippen LogP contribution in [0.25, 0.3) is 0 Å². The Morgan fingerprint density at radius 3 is 2.27 bits per heavy atom. The van der Waals surface area contributed by atoms with Crippen LogP contribution in [0.3, 0.4) is 0 Å². The molecular weight excluding hydrogens is 378 g/mol. The smallest absolute Gasteiger partial charge is 0.407 e. The van der Waals surface area contributed by atoms with Gasteiger partial charge in [0.25, 0.3) is 0 Å². The van der Waals surface area contributed by atoms with Crippen molar-refractivity contribution in [3.05, 3.63) is 35.4 Å². The Bertz CT molecular complexity index is 699. The second-order valence-corrected chi connectivity index (χ2v) is 9.80. The molecule has 2 rings (SSSR count). The second kappa shape index (κ2) is 10.3. The van der Waals surface area contributed by atoms with Crippen molar-refractivity contribution in [3.8, 4) is 0 Å². The Morgan fingerprint density at radius 1 is 1.13 bits per heavy atom. The van der Waals surface area contributed by atoms with Gasteiger partial charge in [-0.05, 0) is 79.5 Å². The summed E-state index contributed by atoms with van der Waals surface area (Å²) in [7, 11) is 4.32. The molecule has 0 bridgehead atoms. The minimum absolute atomic E-state index is 0.0213. The molecule has 0 aromatic heterocycles. The van der Waals surface area contributed by atoms with Crippen LogP contribution in [0.5, 0.6) is 0 Å². The van der Waals surface area contributed by atoms with E-state index >= 15 is 0 Å². The standard InChI is InChI=1S/C24H39N3O3/c1-18-7-9-19(10-8-18)17-24(27(5)6)14-11-20(12-15-24)26-21(28)13-16-25-22(29)30-23(2,3)4/h7-10,20H,11-17H2,1-6H3,(H,25,29)(H,26,28). The fourth-order valence-corrected chi connectivity index (χ4v) is 4.06. The maximum Gasteiger partial charge on any atom is 0.407 e. The van der Waals surface area contributed by atoms with Gasteiger partial charge in [0, 0.05) is 24.5 Å². The van der Waals surface area contributed by atoms with Crippen molar-refractivity contribution in [2.75, 3.05) is 20.6 Å². The number of benzene rings is 1. The Hall–Kier alpha value is -2.08. The van der Waals surface area contributed by atoms with Crippen LogP contribution in [0.2, 0.25) is 0 Å². The molecule has 0 saturated heterocycles. The average Bonchev–Trinajstić information content (AvgIpc) is 2.63. The van der Waals surface area contributed by atoms with E-state index in [-0.39, 0.29) is 30.5 Å². The number of aryl methyl sites for hydroxylation is 1. The van der Waals surface area contributed by atoms with Gasteiger partial charge in [-0.25, -0.2) is 4.79 Å². The summed E-state index contributed by atoms with van der Waals surface area (Å²) in [4.78, 5) is 26.3. The second-order valence-electron chi connectivity index (χ2n) is 9.80. The monoisotopic (exact) mass is 417 g/mol. The molecule has 1 aliphatic rings. The fraction of sp³-hybridized carbons (Fsp3) is 0.667. The maximum atomic E-state index is 12.3. The quantitative estimate of drug-likeness (QED) is 0.708. The molecule has 2 amide bonds. The van der Waals surface area contributed by atoms with E-state index in [4.69, 9.17) is 4.74 Å². The van der Waals surface area contributed by atoms with Gasteiger partial charge in [-0.15, -0.1) is 0 Å². The van der Waals surface area contributed by atoms with Crippen molar-refractivity contribution in [2.45, 2.75) is 83.4 Å². The third kappa shape index (κ3) is 7.63. The summed E-state index contributed by atoms with van der Waals surface area (Å²) in [6.45, 7) is 7.84. The normalized spacial score (nSPS) is 21.9. The number of amides is 2. The van der Waals surface area contributed by atoms with E-state index in [1.54, 1.807) is 0 Å². The molecule has 1 aromatic rings. The minimum atomic E-state index is -0.536. The zero-order valence-electron chi connectivity index (χ0n) is 19.5. The van der Waals surface area contributed by atoms with Crippen LogP contribution in [0.15, 0.2) is 24.3 Å². The SMILES string of the molecule is Cc1ccc(CC2(N(C)C)CCC(NC(=O)CCNC(=O)OC(C)(C)C)CC2)cc1. The van der Waals surface area contributed by atoms with E-state index in [0.29, 0.717) is 0 Å². The molecule has 0 unspecified atom stereocenters. The van der Waals surface area contributed by atoms with Crippen molar-refractivity contribution in [3.63, 3.8) is 0 Å². The fourth-order valence-electron chi connectivity index (χ4n) is 4.06. The molecule has 0 heterocycles. The van der Waals surface area contributed by atoms with Crippen LogP contribution in [-0.4, -0.2) is 54.7 Å². The third-order valence-corrected chi connectivity index (χ3v) is 5.90. The van der Waals surface area contributed by atoms with Gasteiger partial charge in [0.1, 0.15) is 5.60 Å².